The average Bonchev–Trinajstić information content (AvgIpc) is 2.75. The molecule has 3 N–H and O–H groups in total. The molecule has 22 heavy (non-hydrogen) atoms. The summed E-state index contributed by atoms with van der Waals surface area (Å²) in [5.41, 5.74) is 9.10. The number of nitrogens with one attached hydrogen (secondary N) is 1. The summed E-state index contributed by atoms with van der Waals surface area (Å²) < 4.78 is 2.04. The van der Waals surface area contributed by atoms with E-state index in [0.29, 0.717) is 17.1 Å². The minimum atomic E-state index is -0.0961. The van der Waals surface area contributed by atoms with Crippen LogP contribution in [0, 0.1) is 13.8 Å². The van der Waals surface area contributed by atoms with Crippen LogP contribution in [0.4, 0.5) is 0 Å². The van der Waals surface area contributed by atoms with E-state index in [9.17, 15) is 4.79 Å². The first kappa shape index (κ1) is 18.6. The van der Waals surface area contributed by atoms with Crippen molar-refractivity contribution < 1.29 is 4.79 Å². The van der Waals surface area contributed by atoms with Gasteiger partial charge in [-0.1, -0.05) is 11.6 Å². The van der Waals surface area contributed by atoms with Crippen molar-refractivity contribution in [2.75, 3.05) is 6.54 Å². The van der Waals surface area contributed by atoms with Crippen LogP contribution < -0.4 is 11.1 Å². The van der Waals surface area contributed by atoms with Gasteiger partial charge in [-0.25, -0.2) is 0 Å². The first-order valence-corrected chi connectivity index (χ1v) is 7.27. The first-order valence-electron chi connectivity index (χ1n) is 6.90. The van der Waals surface area contributed by atoms with Crippen molar-refractivity contribution in [3.63, 3.8) is 0 Å². The van der Waals surface area contributed by atoms with E-state index in [1.165, 1.54) is 0 Å². The van der Waals surface area contributed by atoms with Gasteiger partial charge in [0.15, 0.2) is 0 Å². The summed E-state index contributed by atoms with van der Waals surface area (Å²) in [4.78, 5) is 12.3. The predicted molar refractivity (Wildman–Crippen MR) is 93.5 cm³/mol. The normalized spacial score (nSPS) is 11.7. The van der Waals surface area contributed by atoms with E-state index >= 15 is 0 Å². The molecular weight excluding hydrogens is 321 g/mol. The molecule has 1 atom stereocenters. The molecule has 6 heteroatoms. The molecule has 0 aliphatic heterocycles. The Morgan fingerprint density at radius 1 is 1.32 bits per heavy atom. The molecule has 2 rings (SSSR count). The van der Waals surface area contributed by atoms with Crippen LogP contribution in [0.5, 0.6) is 0 Å². The second-order valence-corrected chi connectivity index (χ2v) is 5.64. The number of nitrogens with zero attached hydrogens (tertiary/aromatic N) is 1. The molecule has 1 aromatic carbocycles. The molecule has 0 bridgehead atoms. The molecule has 1 amide bonds. The molecule has 120 valence electrons. The third-order valence-electron chi connectivity index (χ3n) is 3.49. The van der Waals surface area contributed by atoms with Crippen LogP contribution in [0.2, 0.25) is 5.02 Å². The van der Waals surface area contributed by atoms with Gasteiger partial charge in [0.05, 0.1) is 5.56 Å². The van der Waals surface area contributed by atoms with Gasteiger partial charge < -0.3 is 15.6 Å². The van der Waals surface area contributed by atoms with Crippen LogP contribution in [0.25, 0.3) is 5.69 Å². The highest BCUT2D eigenvalue weighted by Crippen LogP contribution is 2.22. The van der Waals surface area contributed by atoms with E-state index in [1.807, 2.05) is 55.7 Å². The Labute approximate surface area is 142 Å². The van der Waals surface area contributed by atoms with E-state index in [2.05, 4.69) is 5.32 Å². The van der Waals surface area contributed by atoms with Gasteiger partial charge in [-0.15, -0.1) is 12.4 Å². The maximum absolute atomic E-state index is 12.3. The Hall–Kier alpha value is -1.49. The molecule has 0 fully saturated rings. The minimum absolute atomic E-state index is 0. The van der Waals surface area contributed by atoms with Gasteiger partial charge in [0.2, 0.25) is 0 Å². The number of aryl methyl sites for hydroxylation is 1. The second kappa shape index (κ2) is 7.68. The maximum Gasteiger partial charge on any atom is 0.253 e. The third kappa shape index (κ3) is 3.83. The first-order chi connectivity index (χ1) is 9.93. The van der Waals surface area contributed by atoms with E-state index in [4.69, 9.17) is 17.3 Å². The summed E-state index contributed by atoms with van der Waals surface area (Å²) in [6.45, 7) is 6.21. The minimum Gasteiger partial charge on any atom is -0.348 e. The number of hydrogen-bond donors (Lipinski definition) is 2. The van der Waals surface area contributed by atoms with Gasteiger partial charge in [-0.3, -0.25) is 4.79 Å². The van der Waals surface area contributed by atoms with Gasteiger partial charge >= 0.3 is 0 Å². The average molecular weight is 342 g/mol. The van der Waals surface area contributed by atoms with Crippen molar-refractivity contribution >= 4 is 29.9 Å². The van der Waals surface area contributed by atoms with Crippen LogP contribution in [-0.4, -0.2) is 23.1 Å². The molecule has 0 aliphatic carbocycles. The predicted octanol–water partition coefficient (Wildman–Crippen LogP) is 3.25. The van der Waals surface area contributed by atoms with Crippen molar-refractivity contribution in [1.29, 1.82) is 0 Å². The van der Waals surface area contributed by atoms with E-state index in [1.54, 1.807) is 0 Å². The van der Waals surface area contributed by atoms with Crippen LogP contribution in [-0.2, 0) is 0 Å². The van der Waals surface area contributed by atoms with Crippen molar-refractivity contribution in [1.82, 2.24) is 9.88 Å². The fourth-order valence-electron chi connectivity index (χ4n) is 2.34. The lowest BCUT2D eigenvalue weighted by Crippen LogP contribution is -2.37. The van der Waals surface area contributed by atoms with Gasteiger partial charge in [-0.2, -0.15) is 0 Å². The number of benzene rings is 1. The second-order valence-electron chi connectivity index (χ2n) is 5.21. The Kier molecular flexibility index (Phi) is 6.48. The molecule has 0 saturated heterocycles. The number of nitrogens with two attached hydrogens (primary N) is 1. The van der Waals surface area contributed by atoms with Crippen LogP contribution in [0.3, 0.4) is 0 Å². The standard InChI is InChI=1S/C16H20ClN3O.ClH/c1-10(9-18)19-16(21)15-8-11(2)20(12(15)3)14-6-4-13(17)5-7-14;/h4-8,10H,9,18H2,1-3H3,(H,19,21);1H/t10-;/m0./s1. The lowest BCUT2D eigenvalue weighted by molar-refractivity contribution is 0.0940. The summed E-state index contributed by atoms with van der Waals surface area (Å²) >= 11 is 5.92. The molecule has 0 saturated carbocycles. The zero-order valence-corrected chi connectivity index (χ0v) is 14.5. The summed E-state index contributed by atoms with van der Waals surface area (Å²) in [6.07, 6.45) is 0. The van der Waals surface area contributed by atoms with Crippen LogP contribution >= 0.6 is 24.0 Å². The summed E-state index contributed by atoms with van der Waals surface area (Å²) in [5.74, 6) is -0.0961. The van der Waals surface area contributed by atoms with E-state index < -0.39 is 0 Å². The number of aromatic nitrogens is 1. The Morgan fingerprint density at radius 3 is 2.45 bits per heavy atom. The van der Waals surface area contributed by atoms with E-state index in [0.717, 1.165) is 17.1 Å². The monoisotopic (exact) mass is 341 g/mol. The van der Waals surface area contributed by atoms with Gasteiger partial charge in [0.1, 0.15) is 0 Å². The molecule has 1 aromatic heterocycles. The lowest BCUT2D eigenvalue weighted by atomic mass is 10.2. The highest BCUT2D eigenvalue weighted by atomic mass is 35.5. The fraction of sp³-hybridized carbons (Fsp3) is 0.312. The molecule has 0 radical (unpaired) electrons. The Bertz CT molecular complexity index is 650. The number of carbonyl (C=O) groups excluding carboxylic acids is 1. The zero-order valence-electron chi connectivity index (χ0n) is 12.9. The van der Waals surface area contributed by atoms with Crippen molar-refractivity contribution in [3.8, 4) is 5.69 Å². The zero-order chi connectivity index (χ0) is 15.6. The Morgan fingerprint density at radius 2 is 1.91 bits per heavy atom. The van der Waals surface area contributed by atoms with Gasteiger partial charge in [0, 0.05) is 34.7 Å². The molecule has 1 heterocycles. The molecule has 4 nitrogen and oxygen atoms in total. The van der Waals surface area contributed by atoms with Crippen molar-refractivity contribution in [3.05, 3.63) is 52.3 Å². The third-order valence-corrected chi connectivity index (χ3v) is 3.74. The molecule has 0 aliphatic rings. The fourth-order valence-corrected chi connectivity index (χ4v) is 2.47. The highest BCUT2D eigenvalue weighted by molar-refractivity contribution is 6.30. The topological polar surface area (TPSA) is 60.1 Å². The van der Waals surface area contributed by atoms with Crippen LogP contribution in [0.1, 0.15) is 28.7 Å². The number of hydrogen-bond acceptors (Lipinski definition) is 2. The lowest BCUT2D eigenvalue weighted by Gasteiger charge is -2.12. The smallest absolute Gasteiger partial charge is 0.253 e. The summed E-state index contributed by atoms with van der Waals surface area (Å²) in [7, 11) is 0. The van der Waals surface area contributed by atoms with Gasteiger partial charge in [-0.05, 0) is 51.1 Å². The molecule has 2 aromatic rings. The summed E-state index contributed by atoms with van der Waals surface area (Å²) in [5, 5.41) is 3.58. The number of carbonyl (C=O) groups is 1. The SMILES string of the molecule is Cc1cc(C(=O)N[C@@H](C)CN)c(C)n1-c1ccc(Cl)cc1.Cl. The largest absolute Gasteiger partial charge is 0.348 e. The molecular formula is C16H21Cl2N3O. The van der Waals surface area contributed by atoms with Crippen molar-refractivity contribution in [2.45, 2.75) is 26.8 Å². The highest BCUT2D eigenvalue weighted by Gasteiger charge is 2.17. The molecule has 0 unspecified atom stereocenters. The van der Waals surface area contributed by atoms with Gasteiger partial charge in [0.25, 0.3) is 5.91 Å². The number of halogens is 2. The van der Waals surface area contributed by atoms with E-state index in [-0.39, 0.29) is 24.4 Å². The molecule has 0 spiro atoms. The summed E-state index contributed by atoms with van der Waals surface area (Å²) in [6, 6.07) is 9.40. The Balaban J connectivity index is 0.00000242. The van der Waals surface area contributed by atoms with Crippen LogP contribution in [0.15, 0.2) is 30.3 Å². The number of rotatable bonds is 4. The number of amides is 1. The van der Waals surface area contributed by atoms with Crippen molar-refractivity contribution in [2.24, 2.45) is 5.73 Å². The quantitative estimate of drug-likeness (QED) is 0.896. The maximum atomic E-state index is 12.3.